The summed E-state index contributed by atoms with van der Waals surface area (Å²) in [6.07, 6.45) is 0.809. The third-order valence-electron chi connectivity index (χ3n) is 5.56. The van der Waals surface area contributed by atoms with E-state index in [0.29, 0.717) is 11.6 Å². The molecular formula is C21H20ClNO3. The summed E-state index contributed by atoms with van der Waals surface area (Å²) in [5.74, 6) is -1.33. The fraction of sp³-hybridized carbons (Fsp3) is 0.333. The van der Waals surface area contributed by atoms with Gasteiger partial charge in [-0.2, -0.15) is 0 Å². The molecule has 2 aliphatic rings. The highest BCUT2D eigenvalue weighted by Gasteiger charge is 2.49. The number of nitrogens with zero attached hydrogens (tertiary/aromatic N) is 1. The average Bonchev–Trinajstić information content (AvgIpc) is 3.31. The van der Waals surface area contributed by atoms with Crippen LogP contribution in [0.1, 0.15) is 29.4 Å². The van der Waals surface area contributed by atoms with Crippen LogP contribution in [-0.4, -0.2) is 35.0 Å². The summed E-state index contributed by atoms with van der Waals surface area (Å²) in [5.41, 5.74) is 2.07. The Balaban J connectivity index is 1.48. The fourth-order valence-electron chi connectivity index (χ4n) is 4.08. The summed E-state index contributed by atoms with van der Waals surface area (Å²) in [6.45, 7) is 0.755. The molecule has 2 aromatic rings. The van der Waals surface area contributed by atoms with E-state index in [4.69, 9.17) is 11.6 Å². The Kier molecular flexibility index (Phi) is 4.45. The number of likely N-dealkylation sites (tertiary alicyclic amines) is 1. The lowest BCUT2D eigenvalue weighted by molar-refractivity contribution is -0.142. The molecule has 4 unspecified atom stereocenters. The Bertz CT molecular complexity index is 838. The maximum absolute atomic E-state index is 12.9. The second kappa shape index (κ2) is 6.76. The van der Waals surface area contributed by atoms with Crippen molar-refractivity contribution in [3.8, 4) is 0 Å². The van der Waals surface area contributed by atoms with E-state index in [1.54, 1.807) is 4.90 Å². The summed E-state index contributed by atoms with van der Waals surface area (Å²) in [4.78, 5) is 26.4. The molecule has 1 aliphatic heterocycles. The second-order valence-electron chi connectivity index (χ2n) is 7.21. The molecule has 0 radical (unpaired) electrons. The molecule has 26 heavy (non-hydrogen) atoms. The molecule has 0 aromatic heterocycles. The van der Waals surface area contributed by atoms with Gasteiger partial charge in [-0.15, -0.1) is 0 Å². The monoisotopic (exact) mass is 369 g/mol. The average molecular weight is 370 g/mol. The van der Waals surface area contributed by atoms with E-state index in [-0.39, 0.29) is 30.2 Å². The molecule has 4 atom stereocenters. The minimum atomic E-state index is -0.837. The van der Waals surface area contributed by atoms with Crippen molar-refractivity contribution in [1.29, 1.82) is 0 Å². The van der Waals surface area contributed by atoms with Gasteiger partial charge in [0, 0.05) is 29.9 Å². The number of aliphatic carboxylic acids is 1. The molecule has 4 nitrogen and oxygen atoms in total. The summed E-state index contributed by atoms with van der Waals surface area (Å²) in [6, 6.07) is 17.3. The molecule has 1 saturated carbocycles. The van der Waals surface area contributed by atoms with Gasteiger partial charge in [-0.25, -0.2) is 0 Å². The number of halogens is 1. The first kappa shape index (κ1) is 17.1. The number of carbonyl (C=O) groups excluding carboxylic acids is 1. The highest BCUT2D eigenvalue weighted by molar-refractivity contribution is 6.30. The third-order valence-corrected chi connectivity index (χ3v) is 5.80. The number of carboxylic acids is 1. The van der Waals surface area contributed by atoms with Crippen LogP contribution in [0.15, 0.2) is 54.6 Å². The van der Waals surface area contributed by atoms with Gasteiger partial charge in [-0.05, 0) is 35.6 Å². The van der Waals surface area contributed by atoms with Crippen LogP contribution in [-0.2, 0) is 9.59 Å². The predicted octanol–water partition coefficient (Wildman–Crippen LogP) is 3.77. The Morgan fingerprint density at radius 1 is 0.923 bits per heavy atom. The zero-order valence-electron chi connectivity index (χ0n) is 14.2. The van der Waals surface area contributed by atoms with E-state index in [1.165, 1.54) is 0 Å². The molecule has 1 aliphatic carbocycles. The predicted molar refractivity (Wildman–Crippen MR) is 99.2 cm³/mol. The maximum atomic E-state index is 12.9. The van der Waals surface area contributed by atoms with Crippen molar-refractivity contribution in [2.75, 3.05) is 13.1 Å². The van der Waals surface area contributed by atoms with Gasteiger partial charge in [0.1, 0.15) is 0 Å². The molecule has 4 rings (SSSR count). The first-order valence-electron chi connectivity index (χ1n) is 8.86. The molecule has 134 valence electrons. The Morgan fingerprint density at radius 3 is 2.35 bits per heavy atom. The van der Waals surface area contributed by atoms with Crippen molar-refractivity contribution in [2.45, 2.75) is 18.3 Å². The highest BCUT2D eigenvalue weighted by Crippen LogP contribution is 2.49. The van der Waals surface area contributed by atoms with Crippen LogP contribution >= 0.6 is 11.6 Å². The zero-order valence-corrected chi connectivity index (χ0v) is 15.0. The summed E-state index contributed by atoms with van der Waals surface area (Å²) < 4.78 is 0. The van der Waals surface area contributed by atoms with E-state index in [0.717, 1.165) is 17.5 Å². The number of benzene rings is 2. The summed E-state index contributed by atoms with van der Waals surface area (Å²) in [5, 5.41) is 10.3. The summed E-state index contributed by atoms with van der Waals surface area (Å²) in [7, 11) is 0. The molecule has 0 bridgehead atoms. The van der Waals surface area contributed by atoms with Crippen LogP contribution in [0.25, 0.3) is 0 Å². The van der Waals surface area contributed by atoms with Crippen molar-refractivity contribution < 1.29 is 14.7 Å². The molecule has 1 amide bonds. The van der Waals surface area contributed by atoms with Gasteiger partial charge in [0.2, 0.25) is 5.91 Å². The number of carboxylic acid groups (broad SMARTS) is 1. The first-order valence-corrected chi connectivity index (χ1v) is 9.24. The topological polar surface area (TPSA) is 57.6 Å². The van der Waals surface area contributed by atoms with Crippen molar-refractivity contribution in [3.63, 3.8) is 0 Å². The van der Waals surface area contributed by atoms with Gasteiger partial charge in [0.15, 0.2) is 0 Å². The second-order valence-corrected chi connectivity index (χ2v) is 7.65. The molecular weight excluding hydrogens is 350 g/mol. The molecule has 5 heteroatoms. The number of hydrogen-bond donors (Lipinski definition) is 1. The van der Waals surface area contributed by atoms with Gasteiger partial charge in [0.25, 0.3) is 0 Å². The fourth-order valence-corrected chi connectivity index (χ4v) is 4.28. The minimum absolute atomic E-state index is 0.0579. The normalized spacial score (nSPS) is 27.3. The van der Waals surface area contributed by atoms with Crippen LogP contribution in [0.2, 0.25) is 5.02 Å². The Labute approximate surface area is 157 Å². The van der Waals surface area contributed by atoms with Crippen LogP contribution in [0.3, 0.4) is 0 Å². The number of rotatable bonds is 4. The third kappa shape index (κ3) is 3.21. The van der Waals surface area contributed by atoms with Crippen LogP contribution < -0.4 is 0 Å². The van der Waals surface area contributed by atoms with E-state index in [1.807, 2.05) is 54.6 Å². The molecule has 0 spiro atoms. The molecule has 1 N–H and O–H groups in total. The SMILES string of the molecule is O=C(O)C1CN(C(=O)C2CC2c2cccc(Cl)c2)CC1c1ccccc1. The standard InChI is InChI=1S/C21H20ClNO3/c22-15-8-4-7-14(9-15)16-10-17(16)20(24)23-11-18(19(12-23)21(25)26)13-5-2-1-3-6-13/h1-9,16-19H,10-12H2,(H,25,26). The molecule has 2 aromatic carbocycles. The highest BCUT2D eigenvalue weighted by atomic mass is 35.5. The first-order chi connectivity index (χ1) is 12.5. The van der Waals surface area contributed by atoms with Crippen LogP contribution in [0.5, 0.6) is 0 Å². The van der Waals surface area contributed by atoms with E-state index >= 15 is 0 Å². The lowest BCUT2D eigenvalue weighted by Gasteiger charge is -2.17. The smallest absolute Gasteiger partial charge is 0.308 e. The largest absolute Gasteiger partial charge is 0.481 e. The van der Waals surface area contributed by atoms with E-state index in [9.17, 15) is 14.7 Å². The van der Waals surface area contributed by atoms with E-state index < -0.39 is 11.9 Å². The van der Waals surface area contributed by atoms with E-state index in [2.05, 4.69) is 0 Å². The quantitative estimate of drug-likeness (QED) is 0.892. The number of hydrogen-bond acceptors (Lipinski definition) is 2. The summed E-state index contributed by atoms with van der Waals surface area (Å²) >= 11 is 6.05. The van der Waals surface area contributed by atoms with Crippen LogP contribution in [0.4, 0.5) is 0 Å². The minimum Gasteiger partial charge on any atom is -0.481 e. The zero-order chi connectivity index (χ0) is 18.3. The molecule has 1 heterocycles. The van der Waals surface area contributed by atoms with Gasteiger partial charge >= 0.3 is 5.97 Å². The van der Waals surface area contributed by atoms with Crippen molar-refractivity contribution in [2.24, 2.45) is 11.8 Å². The van der Waals surface area contributed by atoms with Crippen molar-refractivity contribution in [3.05, 3.63) is 70.7 Å². The van der Waals surface area contributed by atoms with Crippen molar-refractivity contribution in [1.82, 2.24) is 4.90 Å². The van der Waals surface area contributed by atoms with Gasteiger partial charge < -0.3 is 10.0 Å². The van der Waals surface area contributed by atoms with Crippen LogP contribution in [0, 0.1) is 11.8 Å². The maximum Gasteiger partial charge on any atom is 0.308 e. The Hall–Kier alpha value is -2.33. The van der Waals surface area contributed by atoms with Crippen molar-refractivity contribution >= 4 is 23.5 Å². The number of amides is 1. The van der Waals surface area contributed by atoms with Gasteiger partial charge in [0.05, 0.1) is 5.92 Å². The Morgan fingerprint density at radius 2 is 1.65 bits per heavy atom. The lowest BCUT2D eigenvalue weighted by atomic mass is 9.89. The molecule has 2 fully saturated rings. The van der Waals surface area contributed by atoms with Gasteiger partial charge in [-0.1, -0.05) is 54.1 Å². The molecule has 1 saturated heterocycles. The number of carbonyl (C=O) groups is 2. The van der Waals surface area contributed by atoms with Gasteiger partial charge in [-0.3, -0.25) is 9.59 Å². The lowest BCUT2D eigenvalue weighted by Crippen LogP contribution is -2.31.